The van der Waals surface area contributed by atoms with Crippen molar-refractivity contribution in [2.24, 2.45) is 0 Å². The van der Waals surface area contributed by atoms with E-state index in [1.54, 1.807) is 7.11 Å². The van der Waals surface area contributed by atoms with Crippen molar-refractivity contribution in [3.63, 3.8) is 0 Å². The maximum atomic E-state index is 5.64. The topological polar surface area (TPSA) is 68.3 Å². The number of hydrogen-bond donors (Lipinski definition) is 2. The Morgan fingerprint density at radius 2 is 1.87 bits per heavy atom. The Morgan fingerprint density at radius 1 is 1.13 bits per heavy atom. The normalized spacial score (nSPS) is 10.7. The molecule has 0 fully saturated rings. The number of nitrogens with zero attached hydrogens (tertiary/aromatic N) is 2. The van der Waals surface area contributed by atoms with Gasteiger partial charge in [-0.25, -0.2) is 4.98 Å². The molecule has 23 heavy (non-hydrogen) atoms. The zero-order valence-corrected chi connectivity index (χ0v) is 14.1. The minimum Gasteiger partial charge on any atom is -0.491 e. The third-order valence-corrected chi connectivity index (χ3v) is 2.94. The summed E-state index contributed by atoms with van der Waals surface area (Å²) in [5, 5.41) is 6.41. The number of methoxy groups -OCH3 is 1. The number of anilines is 3. The first kappa shape index (κ1) is 17.0. The molecule has 1 aromatic carbocycles. The number of hydrogen-bond acceptors (Lipinski definition) is 6. The van der Waals surface area contributed by atoms with Crippen LogP contribution in [0, 0.1) is 6.92 Å². The highest BCUT2D eigenvalue weighted by molar-refractivity contribution is 5.58. The van der Waals surface area contributed by atoms with Gasteiger partial charge in [0, 0.05) is 31.1 Å². The van der Waals surface area contributed by atoms with E-state index in [-0.39, 0.29) is 6.10 Å². The Bertz CT molecular complexity index is 614. The van der Waals surface area contributed by atoms with Crippen LogP contribution in [0.1, 0.15) is 19.5 Å². The molecule has 2 N–H and O–H groups in total. The summed E-state index contributed by atoms with van der Waals surface area (Å²) in [6, 6.07) is 9.71. The van der Waals surface area contributed by atoms with Crippen molar-refractivity contribution in [1.82, 2.24) is 9.97 Å². The van der Waals surface area contributed by atoms with Crippen molar-refractivity contribution in [2.45, 2.75) is 26.9 Å². The van der Waals surface area contributed by atoms with Gasteiger partial charge < -0.3 is 20.1 Å². The summed E-state index contributed by atoms with van der Waals surface area (Å²) in [4.78, 5) is 8.81. The third kappa shape index (κ3) is 5.75. The Hall–Kier alpha value is -2.34. The Balaban J connectivity index is 2.04. The summed E-state index contributed by atoms with van der Waals surface area (Å²) in [5.41, 5.74) is 1.84. The molecule has 6 nitrogen and oxygen atoms in total. The SMILES string of the molecule is COCCNc1nc(C)cc(Nc2ccc(OC(C)C)cc2)n1. The highest BCUT2D eigenvalue weighted by Gasteiger charge is 2.03. The third-order valence-electron chi connectivity index (χ3n) is 2.94. The number of nitrogens with one attached hydrogen (secondary N) is 2. The summed E-state index contributed by atoms with van der Waals surface area (Å²) in [7, 11) is 1.67. The maximum absolute atomic E-state index is 5.64. The second kappa shape index (κ2) is 8.33. The second-order valence-electron chi connectivity index (χ2n) is 5.45. The molecule has 2 rings (SSSR count). The van der Waals surface area contributed by atoms with Gasteiger partial charge in [-0.3, -0.25) is 0 Å². The first-order chi connectivity index (χ1) is 11.1. The molecule has 0 spiro atoms. The summed E-state index contributed by atoms with van der Waals surface area (Å²) in [6.45, 7) is 7.23. The van der Waals surface area contributed by atoms with Crippen LogP contribution in [0.2, 0.25) is 0 Å². The highest BCUT2D eigenvalue weighted by Crippen LogP contribution is 2.20. The number of aromatic nitrogens is 2. The van der Waals surface area contributed by atoms with Crippen molar-refractivity contribution < 1.29 is 9.47 Å². The second-order valence-corrected chi connectivity index (χ2v) is 5.45. The van der Waals surface area contributed by atoms with E-state index in [2.05, 4.69) is 20.6 Å². The van der Waals surface area contributed by atoms with Crippen LogP contribution in [0.25, 0.3) is 0 Å². The van der Waals surface area contributed by atoms with Crippen molar-refractivity contribution >= 4 is 17.5 Å². The van der Waals surface area contributed by atoms with Gasteiger partial charge in [-0.05, 0) is 45.0 Å². The number of benzene rings is 1. The first-order valence-electron chi connectivity index (χ1n) is 7.69. The molecule has 0 aliphatic rings. The van der Waals surface area contributed by atoms with Gasteiger partial charge in [-0.15, -0.1) is 0 Å². The average molecular weight is 316 g/mol. The van der Waals surface area contributed by atoms with Gasteiger partial charge in [0.25, 0.3) is 0 Å². The largest absolute Gasteiger partial charge is 0.491 e. The number of ether oxygens (including phenoxy) is 2. The van der Waals surface area contributed by atoms with Gasteiger partial charge in [0.1, 0.15) is 11.6 Å². The van der Waals surface area contributed by atoms with E-state index in [1.807, 2.05) is 51.1 Å². The molecule has 1 aromatic heterocycles. The summed E-state index contributed by atoms with van der Waals surface area (Å²) in [6.07, 6.45) is 0.166. The lowest BCUT2D eigenvalue weighted by Crippen LogP contribution is -2.11. The fourth-order valence-corrected chi connectivity index (χ4v) is 2.01. The fourth-order valence-electron chi connectivity index (χ4n) is 2.01. The van der Waals surface area contributed by atoms with Gasteiger partial charge in [0.15, 0.2) is 0 Å². The fraction of sp³-hybridized carbons (Fsp3) is 0.412. The molecule has 0 saturated carbocycles. The lowest BCUT2D eigenvalue weighted by molar-refractivity contribution is 0.210. The monoisotopic (exact) mass is 316 g/mol. The molecular formula is C17H24N4O2. The molecule has 0 bridgehead atoms. The van der Waals surface area contributed by atoms with Gasteiger partial charge in [0.05, 0.1) is 12.7 Å². The van der Waals surface area contributed by atoms with Crippen LogP contribution < -0.4 is 15.4 Å². The van der Waals surface area contributed by atoms with Crippen LogP contribution in [-0.4, -0.2) is 36.3 Å². The van der Waals surface area contributed by atoms with Gasteiger partial charge in [0.2, 0.25) is 5.95 Å². The lowest BCUT2D eigenvalue weighted by Gasteiger charge is -2.12. The standard InChI is InChI=1S/C17H24N4O2/c1-12(2)23-15-7-5-14(6-8-15)20-16-11-13(3)19-17(21-16)18-9-10-22-4/h5-8,11-12H,9-10H2,1-4H3,(H2,18,19,20,21). The molecule has 0 aliphatic heterocycles. The maximum Gasteiger partial charge on any atom is 0.224 e. The molecule has 124 valence electrons. The number of aryl methyl sites for hydroxylation is 1. The molecule has 0 unspecified atom stereocenters. The molecule has 0 amide bonds. The quantitative estimate of drug-likeness (QED) is 0.728. The summed E-state index contributed by atoms with van der Waals surface area (Å²) in [5.74, 6) is 2.19. The van der Waals surface area contributed by atoms with Crippen molar-refractivity contribution in [1.29, 1.82) is 0 Å². The number of rotatable bonds is 8. The van der Waals surface area contributed by atoms with Crippen molar-refractivity contribution in [3.05, 3.63) is 36.0 Å². The van der Waals surface area contributed by atoms with Crippen molar-refractivity contribution in [2.75, 3.05) is 30.9 Å². The molecule has 6 heteroatoms. The molecule has 0 saturated heterocycles. The molecule has 0 atom stereocenters. The van der Waals surface area contributed by atoms with Gasteiger partial charge in [-0.2, -0.15) is 4.98 Å². The Labute approximate surface area is 137 Å². The highest BCUT2D eigenvalue weighted by atomic mass is 16.5. The Morgan fingerprint density at radius 3 is 2.52 bits per heavy atom. The molecule has 1 heterocycles. The van der Waals surface area contributed by atoms with E-state index in [9.17, 15) is 0 Å². The van der Waals surface area contributed by atoms with Crippen LogP contribution in [0.5, 0.6) is 5.75 Å². The molecule has 0 radical (unpaired) electrons. The van der Waals surface area contributed by atoms with Crippen LogP contribution in [-0.2, 0) is 4.74 Å². The van der Waals surface area contributed by atoms with Crippen LogP contribution in [0.4, 0.5) is 17.5 Å². The van der Waals surface area contributed by atoms with E-state index in [1.165, 1.54) is 0 Å². The molecule has 0 aliphatic carbocycles. The predicted octanol–water partition coefficient (Wildman–Crippen LogP) is 3.37. The van der Waals surface area contributed by atoms with Crippen molar-refractivity contribution in [3.8, 4) is 5.75 Å². The van der Waals surface area contributed by atoms with Crippen LogP contribution in [0.15, 0.2) is 30.3 Å². The van der Waals surface area contributed by atoms with Gasteiger partial charge >= 0.3 is 0 Å². The smallest absolute Gasteiger partial charge is 0.224 e. The van der Waals surface area contributed by atoms with E-state index in [4.69, 9.17) is 9.47 Å². The Kier molecular flexibility index (Phi) is 6.17. The van der Waals surface area contributed by atoms with E-state index in [0.717, 1.165) is 22.9 Å². The summed E-state index contributed by atoms with van der Waals surface area (Å²) < 4.78 is 10.6. The zero-order chi connectivity index (χ0) is 16.7. The molecular weight excluding hydrogens is 292 g/mol. The minimum absolute atomic E-state index is 0.166. The predicted molar refractivity (Wildman–Crippen MR) is 92.6 cm³/mol. The van der Waals surface area contributed by atoms with Crippen LogP contribution in [0.3, 0.4) is 0 Å². The van der Waals surface area contributed by atoms with Crippen LogP contribution >= 0.6 is 0 Å². The van der Waals surface area contributed by atoms with E-state index in [0.29, 0.717) is 19.1 Å². The average Bonchev–Trinajstić information content (AvgIpc) is 2.48. The molecule has 2 aromatic rings. The first-order valence-corrected chi connectivity index (χ1v) is 7.69. The minimum atomic E-state index is 0.166. The van der Waals surface area contributed by atoms with Gasteiger partial charge in [-0.1, -0.05) is 0 Å². The summed E-state index contributed by atoms with van der Waals surface area (Å²) >= 11 is 0. The van der Waals surface area contributed by atoms with E-state index >= 15 is 0 Å². The zero-order valence-electron chi connectivity index (χ0n) is 14.1. The van der Waals surface area contributed by atoms with E-state index < -0.39 is 0 Å². The lowest BCUT2D eigenvalue weighted by atomic mass is 10.3.